The number of benzene rings is 3. The van der Waals surface area contributed by atoms with Crippen molar-refractivity contribution in [3.63, 3.8) is 0 Å². The molecule has 1 atom stereocenters. The molecule has 1 heterocycles. The van der Waals surface area contributed by atoms with Crippen LogP contribution in [0.15, 0.2) is 66.7 Å². The first-order valence-corrected chi connectivity index (χ1v) is 11.4. The van der Waals surface area contributed by atoms with Crippen LogP contribution in [0, 0.1) is 0 Å². The van der Waals surface area contributed by atoms with Crippen molar-refractivity contribution in [1.82, 2.24) is 10.2 Å². The summed E-state index contributed by atoms with van der Waals surface area (Å²) in [6, 6.07) is 16.7. The number of anilines is 1. The monoisotopic (exact) mass is 497 g/mol. The predicted molar refractivity (Wildman–Crippen MR) is 130 cm³/mol. The number of carbonyl (C=O) groups is 2. The van der Waals surface area contributed by atoms with Crippen molar-refractivity contribution in [3.05, 3.63) is 89.0 Å². The zero-order valence-electron chi connectivity index (χ0n) is 19.6. The first kappa shape index (κ1) is 25.1. The SMILES string of the molecule is COC(=O)C[C@H](NC(=O)N1CCc2c(cccc2-c2ccc(C(F)(F)F)cc2)C1)c1cccc(N)c1. The molecule has 1 aliphatic rings. The average molecular weight is 498 g/mol. The summed E-state index contributed by atoms with van der Waals surface area (Å²) in [6.07, 6.45) is -3.90. The van der Waals surface area contributed by atoms with Gasteiger partial charge in [0.1, 0.15) is 0 Å². The number of ether oxygens (including phenoxy) is 1. The van der Waals surface area contributed by atoms with Crippen molar-refractivity contribution in [2.75, 3.05) is 19.4 Å². The maximum absolute atomic E-state index is 13.2. The molecular formula is C27H26F3N3O3. The summed E-state index contributed by atoms with van der Waals surface area (Å²) < 4.78 is 43.6. The Morgan fingerprint density at radius 1 is 1.08 bits per heavy atom. The van der Waals surface area contributed by atoms with E-state index in [0.29, 0.717) is 36.3 Å². The highest BCUT2D eigenvalue weighted by Crippen LogP contribution is 2.34. The number of halogens is 3. The summed E-state index contributed by atoms with van der Waals surface area (Å²) >= 11 is 0. The van der Waals surface area contributed by atoms with E-state index in [-0.39, 0.29) is 12.5 Å². The fourth-order valence-corrected chi connectivity index (χ4v) is 4.41. The summed E-state index contributed by atoms with van der Waals surface area (Å²) in [5.74, 6) is -0.465. The molecule has 0 bridgehead atoms. The standard InChI is InChI=1S/C27H26F3N3O3/c1-36-25(34)15-24(18-4-2-6-21(31)14-18)32-26(35)33-13-12-23-19(16-33)5-3-7-22(23)17-8-10-20(11-9-17)27(28,29)30/h2-11,14,24H,12-13,15-16,31H2,1H3,(H,32,35)/t24-/m0/s1. The van der Waals surface area contributed by atoms with Gasteiger partial charge in [-0.2, -0.15) is 13.2 Å². The lowest BCUT2D eigenvalue weighted by Gasteiger charge is -2.32. The van der Waals surface area contributed by atoms with Gasteiger partial charge in [-0.1, -0.05) is 42.5 Å². The molecule has 0 radical (unpaired) electrons. The highest BCUT2D eigenvalue weighted by atomic mass is 19.4. The molecule has 9 heteroatoms. The fourth-order valence-electron chi connectivity index (χ4n) is 4.41. The third-order valence-corrected chi connectivity index (χ3v) is 6.29. The van der Waals surface area contributed by atoms with E-state index in [9.17, 15) is 22.8 Å². The van der Waals surface area contributed by atoms with Gasteiger partial charge in [-0.05, 0) is 58.5 Å². The number of hydrogen-bond donors (Lipinski definition) is 2. The van der Waals surface area contributed by atoms with Gasteiger partial charge in [-0.15, -0.1) is 0 Å². The number of alkyl halides is 3. The van der Waals surface area contributed by atoms with E-state index in [1.807, 2.05) is 18.2 Å². The van der Waals surface area contributed by atoms with Gasteiger partial charge in [0.15, 0.2) is 0 Å². The van der Waals surface area contributed by atoms with Gasteiger partial charge in [0, 0.05) is 18.8 Å². The molecular weight excluding hydrogens is 471 g/mol. The molecule has 1 aliphatic heterocycles. The molecule has 0 fully saturated rings. The Hall–Kier alpha value is -4.01. The van der Waals surface area contributed by atoms with E-state index in [0.717, 1.165) is 28.8 Å². The normalized spacial score (nSPS) is 14.1. The minimum Gasteiger partial charge on any atom is -0.469 e. The van der Waals surface area contributed by atoms with Crippen LogP contribution in [0.25, 0.3) is 11.1 Å². The van der Waals surface area contributed by atoms with E-state index in [1.165, 1.54) is 19.2 Å². The summed E-state index contributed by atoms with van der Waals surface area (Å²) in [5, 5.41) is 2.92. The van der Waals surface area contributed by atoms with E-state index < -0.39 is 23.8 Å². The van der Waals surface area contributed by atoms with Crippen LogP contribution in [-0.2, 0) is 28.7 Å². The third kappa shape index (κ3) is 5.62. The predicted octanol–water partition coefficient (Wildman–Crippen LogP) is 5.33. The van der Waals surface area contributed by atoms with Crippen molar-refractivity contribution in [1.29, 1.82) is 0 Å². The molecule has 6 nitrogen and oxygen atoms in total. The van der Waals surface area contributed by atoms with Crippen molar-refractivity contribution in [2.24, 2.45) is 0 Å². The Labute approximate surface area is 206 Å². The molecule has 3 aromatic rings. The van der Waals surface area contributed by atoms with Gasteiger partial charge < -0.3 is 20.7 Å². The number of rotatable bonds is 5. The molecule has 3 N–H and O–H groups in total. The maximum Gasteiger partial charge on any atom is 0.416 e. The molecule has 0 saturated heterocycles. The first-order chi connectivity index (χ1) is 17.2. The van der Waals surface area contributed by atoms with Crippen LogP contribution in [0.2, 0.25) is 0 Å². The van der Waals surface area contributed by atoms with Crippen LogP contribution in [0.5, 0.6) is 0 Å². The van der Waals surface area contributed by atoms with Crippen LogP contribution < -0.4 is 11.1 Å². The average Bonchev–Trinajstić information content (AvgIpc) is 2.87. The molecule has 0 spiro atoms. The number of nitrogen functional groups attached to an aromatic ring is 1. The molecule has 4 rings (SSSR count). The van der Waals surface area contributed by atoms with Crippen LogP contribution >= 0.6 is 0 Å². The van der Waals surface area contributed by atoms with Crippen molar-refractivity contribution >= 4 is 17.7 Å². The van der Waals surface area contributed by atoms with Gasteiger partial charge >= 0.3 is 18.2 Å². The van der Waals surface area contributed by atoms with Gasteiger partial charge in [0.25, 0.3) is 0 Å². The van der Waals surface area contributed by atoms with Crippen molar-refractivity contribution < 1.29 is 27.5 Å². The summed E-state index contributed by atoms with van der Waals surface area (Å²) in [7, 11) is 1.29. The zero-order valence-corrected chi connectivity index (χ0v) is 19.6. The largest absolute Gasteiger partial charge is 0.469 e. The number of nitrogens with two attached hydrogens (primary N) is 1. The van der Waals surface area contributed by atoms with E-state index in [1.54, 1.807) is 29.2 Å². The topological polar surface area (TPSA) is 84.7 Å². The molecule has 36 heavy (non-hydrogen) atoms. The quantitative estimate of drug-likeness (QED) is 0.369. The highest BCUT2D eigenvalue weighted by molar-refractivity contribution is 5.78. The number of esters is 1. The zero-order chi connectivity index (χ0) is 25.9. The second-order valence-electron chi connectivity index (χ2n) is 8.64. The summed E-state index contributed by atoms with van der Waals surface area (Å²) in [5.41, 5.74) is 9.86. The number of nitrogens with zero attached hydrogens (tertiary/aromatic N) is 1. The van der Waals surface area contributed by atoms with Crippen LogP contribution in [0.4, 0.5) is 23.7 Å². The maximum atomic E-state index is 13.2. The number of hydrogen-bond acceptors (Lipinski definition) is 4. The lowest BCUT2D eigenvalue weighted by molar-refractivity contribution is -0.141. The molecule has 188 valence electrons. The fraction of sp³-hybridized carbons (Fsp3) is 0.259. The smallest absolute Gasteiger partial charge is 0.416 e. The molecule has 0 unspecified atom stereocenters. The van der Waals surface area contributed by atoms with Gasteiger partial charge in [0.2, 0.25) is 0 Å². The van der Waals surface area contributed by atoms with Crippen LogP contribution in [0.3, 0.4) is 0 Å². The Morgan fingerprint density at radius 3 is 2.47 bits per heavy atom. The van der Waals surface area contributed by atoms with E-state index in [4.69, 9.17) is 10.5 Å². The lowest BCUT2D eigenvalue weighted by Crippen LogP contribution is -2.44. The number of nitrogens with one attached hydrogen (secondary N) is 1. The number of methoxy groups -OCH3 is 1. The number of urea groups is 1. The Balaban J connectivity index is 1.52. The summed E-state index contributed by atoms with van der Waals surface area (Å²) in [4.78, 5) is 26.8. The molecule has 0 aromatic heterocycles. The number of fused-ring (bicyclic) bond motifs is 1. The van der Waals surface area contributed by atoms with Crippen LogP contribution in [-0.4, -0.2) is 30.6 Å². The molecule has 2 amide bonds. The van der Waals surface area contributed by atoms with Gasteiger partial charge in [-0.25, -0.2) is 4.79 Å². The van der Waals surface area contributed by atoms with Crippen molar-refractivity contribution in [3.8, 4) is 11.1 Å². The van der Waals surface area contributed by atoms with E-state index in [2.05, 4.69) is 5.32 Å². The third-order valence-electron chi connectivity index (χ3n) is 6.29. The second-order valence-corrected chi connectivity index (χ2v) is 8.64. The van der Waals surface area contributed by atoms with E-state index >= 15 is 0 Å². The number of carbonyl (C=O) groups excluding carboxylic acids is 2. The first-order valence-electron chi connectivity index (χ1n) is 11.4. The lowest BCUT2D eigenvalue weighted by atomic mass is 9.90. The van der Waals surface area contributed by atoms with Gasteiger partial charge in [0.05, 0.1) is 25.1 Å². The molecule has 0 saturated carbocycles. The van der Waals surface area contributed by atoms with Crippen molar-refractivity contribution in [2.45, 2.75) is 31.6 Å². The Bertz CT molecular complexity index is 1260. The summed E-state index contributed by atoms with van der Waals surface area (Å²) in [6.45, 7) is 0.746. The Morgan fingerprint density at radius 2 is 1.81 bits per heavy atom. The minimum absolute atomic E-state index is 0.0474. The molecule has 0 aliphatic carbocycles. The van der Waals surface area contributed by atoms with Crippen LogP contribution in [0.1, 0.15) is 34.7 Å². The number of amides is 2. The second kappa shape index (κ2) is 10.3. The highest BCUT2D eigenvalue weighted by Gasteiger charge is 2.30. The Kier molecular flexibility index (Phi) is 7.19. The van der Waals surface area contributed by atoms with Gasteiger partial charge in [-0.3, -0.25) is 4.79 Å². The molecule has 3 aromatic carbocycles. The minimum atomic E-state index is -4.39.